The Morgan fingerprint density at radius 2 is 1.50 bits per heavy atom. The molecule has 0 aliphatic carbocycles. The van der Waals surface area contributed by atoms with E-state index in [9.17, 15) is 14.4 Å². The van der Waals surface area contributed by atoms with E-state index in [1.165, 1.54) is 0 Å². The summed E-state index contributed by atoms with van der Waals surface area (Å²) in [6.45, 7) is 2.41. The zero-order valence-corrected chi connectivity index (χ0v) is 14.5. The molecule has 26 heavy (non-hydrogen) atoms. The van der Waals surface area contributed by atoms with Gasteiger partial charge >= 0.3 is 0 Å². The molecule has 0 unspecified atom stereocenters. The van der Waals surface area contributed by atoms with Gasteiger partial charge in [0.1, 0.15) is 5.75 Å². The number of rotatable bonds is 7. The van der Waals surface area contributed by atoms with Crippen molar-refractivity contribution in [3.63, 3.8) is 0 Å². The Kier molecular flexibility index (Phi) is 7.17. The Morgan fingerprint density at radius 1 is 0.846 bits per heavy atom. The highest BCUT2D eigenvalue weighted by molar-refractivity contribution is 5.96. The number of para-hydroxylation sites is 1. The lowest BCUT2D eigenvalue weighted by molar-refractivity contribution is -0.124. The summed E-state index contributed by atoms with van der Waals surface area (Å²) in [7, 11) is 0. The molecular weight excluding hydrogens is 334 g/mol. The topological polar surface area (TPSA) is 96.5 Å². The Hall–Kier alpha value is -3.35. The second kappa shape index (κ2) is 9.83. The molecule has 2 aromatic rings. The van der Waals surface area contributed by atoms with Crippen LogP contribution < -0.4 is 20.9 Å². The van der Waals surface area contributed by atoms with E-state index in [0.717, 1.165) is 0 Å². The first-order valence-corrected chi connectivity index (χ1v) is 8.25. The maximum Gasteiger partial charge on any atom is 0.269 e. The van der Waals surface area contributed by atoms with E-state index >= 15 is 0 Å². The fourth-order valence-electron chi connectivity index (χ4n) is 2.10. The van der Waals surface area contributed by atoms with Gasteiger partial charge in [-0.05, 0) is 43.3 Å². The van der Waals surface area contributed by atoms with Crippen molar-refractivity contribution < 1.29 is 19.1 Å². The number of carbonyl (C=O) groups excluding carboxylic acids is 3. The summed E-state index contributed by atoms with van der Waals surface area (Å²) in [5.74, 6) is -0.510. The van der Waals surface area contributed by atoms with Gasteiger partial charge in [-0.1, -0.05) is 18.2 Å². The molecule has 0 atom stereocenters. The number of ether oxygens (including phenoxy) is 1. The molecule has 3 amide bonds. The average Bonchev–Trinajstić information content (AvgIpc) is 2.66. The third-order valence-electron chi connectivity index (χ3n) is 3.38. The van der Waals surface area contributed by atoms with Crippen molar-refractivity contribution in [2.75, 3.05) is 11.9 Å². The number of hydrogen-bond acceptors (Lipinski definition) is 4. The van der Waals surface area contributed by atoms with Crippen LogP contribution in [0.4, 0.5) is 5.69 Å². The molecule has 0 heterocycles. The van der Waals surface area contributed by atoms with Crippen LogP contribution in [0.5, 0.6) is 5.75 Å². The second-order valence-corrected chi connectivity index (χ2v) is 5.37. The molecular formula is C19H21N3O4. The van der Waals surface area contributed by atoms with Crippen molar-refractivity contribution in [2.45, 2.75) is 19.8 Å². The van der Waals surface area contributed by atoms with Crippen molar-refractivity contribution in [2.24, 2.45) is 0 Å². The number of carbonyl (C=O) groups is 3. The standard InChI is InChI=1S/C19H21N3O4/c1-2-26-16-10-8-14(9-11-16)19(25)22-21-18(24)13-12-17(23)20-15-6-4-3-5-7-15/h3-11H,2,12-13H2,1H3,(H,20,23)(H,21,24)(H,22,25). The number of amides is 3. The highest BCUT2D eigenvalue weighted by atomic mass is 16.5. The van der Waals surface area contributed by atoms with E-state index in [2.05, 4.69) is 16.2 Å². The molecule has 7 nitrogen and oxygen atoms in total. The van der Waals surface area contributed by atoms with Gasteiger partial charge in [0.2, 0.25) is 11.8 Å². The summed E-state index contributed by atoms with van der Waals surface area (Å²) < 4.78 is 5.30. The monoisotopic (exact) mass is 355 g/mol. The van der Waals surface area contributed by atoms with Crippen molar-refractivity contribution in [1.29, 1.82) is 0 Å². The van der Waals surface area contributed by atoms with E-state index in [-0.39, 0.29) is 18.7 Å². The first-order chi connectivity index (χ1) is 12.6. The van der Waals surface area contributed by atoms with E-state index in [1.54, 1.807) is 48.5 Å². The molecule has 0 fully saturated rings. The molecule has 0 radical (unpaired) electrons. The molecule has 2 aromatic carbocycles. The fraction of sp³-hybridized carbons (Fsp3) is 0.211. The molecule has 0 aromatic heterocycles. The average molecular weight is 355 g/mol. The lowest BCUT2D eigenvalue weighted by Crippen LogP contribution is -2.41. The number of hydrogen-bond donors (Lipinski definition) is 3. The van der Waals surface area contributed by atoms with Crippen molar-refractivity contribution in [3.05, 3.63) is 60.2 Å². The molecule has 0 spiro atoms. The van der Waals surface area contributed by atoms with Gasteiger partial charge in [0.25, 0.3) is 5.91 Å². The maximum absolute atomic E-state index is 12.0. The Morgan fingerprint density at radius 3 is 2.15 bits per heavy atom. The minimum atomic E-state index is -0.451. The van der Waals surface area contributed by atoms with Gasteiger partial charge in [-0.2, -0.15) is 0 Å². The zero-order chi connectivity index (χ0) is 18.8. The van der Waals surface area contributed by atoms with Crippen LogP contribution in [-0.4, -0.2) is 24.3 Å². The third-order valence-corrected chi connectivity index (χ3v) is 3.38. The van der Waals surface area contributed by atoms with Crippen LogP contribution in [0.25, 0.3) is 0 Å². The highest BCUT2D eigenvalue weighted by Crippen LogP contribution is 2.11. The van der Waals surface area contributed by atoms with Crippen LogP contribution in [0.1, 0.15) is 30.1 Å². The highest BCUT2D eigenvalue weighted by Gasteiger charge is 2.10. The first-order valence-electron chi connectivity index (χ1n) is 8.25. The van der Waals surface area contributed by atoms with Crippen LogP contribution in [0, 0.1) is 0 Å². The first kappa shape index (κ1) is 19.0. The van der Waals surface area contributed by atoms with Crippen LogP contribution in [0.15, 0.2) is 54.6 Å². The van der Waals surface area contributed by atoms with Crippen molar-refractivity contribution in [1.82, 2.24) is 10.9 Å². The summed E-state index contributed by atoms with van der Waals surface area (Å²) in [6.07, 6.45) is -0.0259. The van der Waals surface area contributed by atoms with Gasteiger partial charge < -0.3 is 10.1 Å². The third kappa shape index (κ3) is 6.27. The molecule has 0 aliphatic rings. The van der Waals surface area contributed by atoms with E-state index in [4.69, 9.17) is 4.74 Å². The predicted molar refractivity (Wildman–Crippen MR) is 97.5 cm³/mol. The fourth-order valence-corrected chi connectivity index (χ4v) is 2.10. The van der Waals surface area contributed by atoms with Crippen LogP contribution in [0.3, 0.4) is 0 Å². The van der Waals surface area contributed by atoms with Gasteiger partial charge in [-0.25, -0.2) is 0 Å². The lowest BCUT2D eigenvalue weighted by Gasteiger charge is -2.08. The Bertz CT molecular complexity index is 745. The SMILES string of the molecule is CCOc1ccc(C(=O)NNC(=O)CCC(=O)Nc2ccccc2)cc1. The van der Waals surface area contributed by atoms with Gasteiger partial charge in [0, 0.05) is 24.1 Å². The van der Waals surface area contributed by atoms with Gasteiger partial charge in [-0.3, -0.25) is 25.2 Å². The zero-order valence-electron chi connectivity index (χ0n) is 14.5. The quantitative estimate of drug-likeness (QED) is 0.664. The molecule has 7 heteroatoms. The number of anilines is 1. The molecule has 0 saturated carbocycles. The Balaban J connectivity index is 1.70. The van der Waals surface area contributed by atoms with Crippen molar-refractivity contribution in [3.8, 4) is 5.75 Å². The molecule has 2 rings (SSSR count). The summed E-state index contributed by atoms with van der Waals surface area (Å²) in [6, 6.07) is 15.5. The minimum absolute atomic E-state index is 0.0135. The van der Waals surface area contributed by atoms with E-state index in [0.29, 0.717) is 23.6 Å². The van der Waals surface area contributed by atoms with E-state index < -0.39 is 11.8 Å². The lowest BCUT2D eigenvalue weighted by atomic mass is 10.2. The predicted octanol–water partition coefficient (Wildman–Crippen LogP) is 2.27. The van der Waals surface area contributed by atoms with Crippen LogP contribution in [-0.2, 0) is 9.59 Å². The van der Waals surface area contributed by atoms with Crippen molar-refractivity contribution >= 4 is 23.4 Å². The summed E-state index contributed by atoms with van der Waals surface area (Å²) in [4.78, 5) is 35.5. The normalized spacial score (nSPS) is 9.88. The second-order valence-electron chi connectivity index (χ2n) is 5.37. The molecule has 0 saturated heterocycles. The smallest absolute Gasteiger partial charge is 0.269 e. The van der Waals surface area contributed by atoms with Gasteiger partial charge in [0.15, 0.2) is 0 Å². The van der Waals surface area contributed by atoms with Crippen LogP contribution >= 0.6 is 0 Å². The molecule has 136 valence electrons. The van der Waals surface area contributed by atoms with Gasteiger partial charge in [0.05, 0.1) is 6.61 Å². The number of nitrogens with one attached hydrogen (secondary N) is 3. The minimum Gasteiger partial charge on any atom is -0.494 e. The summed E-state index contributed by atoms with van der Waals surface area (Å²) in [5, 5.41) is 2.69. The largest absolute Gasteiger partial charge is 0.494 e. The molecule has 0 aliphatic heterocycles. The molecule has 3 N–H and O–H groups in total. The number of benzene rings is 2. The maximum atomic E-state index is 12.0. The number of hydrazine groups is 1. The van der Waals surface area contributed by atoms with Crippen LogP contribution in [0.2, 0.25) is 0 Å². The summed E-state index contributed by atoms with van der Waals surface area (Å²) in [5.41, 5.74) is 5.66. The molecule has 0 bridgehead atoms. The Labute approximate surface area is 151 Å². The van der Waals surface area contributed by atoms with Gasteiger partial charge in [-0.15, -0.1) is 0 Å². The summed E-state index contributed by atoms with van der Waals surface area (Å²) >= 11 is 0. The van der Waals surface area contributed by atoms with E-state index in [1.807, 2.05) is 13.0 Å².